The number of cyclic esters (lactones) is 1. The Bertz CT molecular complexity index is 1100. The van der Waals surface area contributed by atoms with Crippen LogP contribution < -0.4 is 10.2 Å². The van der Waals surface area contributed by atoms with Crippen molar-refractivity contribution in [3.05, 3.63) is 47.9 Å². The van der Waals surface area contributed by atoms with E-state index < -0.39 is 0 Å². The fourth-order valence-electron chi connectivity index (χ4n) is 4.22. The predicted molar refractivity (Wildman–Crippen MR) is 110 cm³/mol. The fourth-order valence-corrected chi connectivity index (χ4v) is 4.22. The molecule has 2 aromatic heterocycles. The van der Waals surface area contributed by atoms with Crippen LogP contribution in [0.5, 0.6) is 0 Å². The minimum atomic E-state index is -0.386. The zero-order valence-corrected chi connectivity index (χ0v) is 16.6. The van der Waals surface area contributed by atoms with Gasteiger partial charge in [-0.25, -0.2) is 4.79 Å². The molecule has 1 aromatic carbocycles. The Morgan fingerprint density at radius 3 is 3.03 bits per heavy atom. The molecule has 2 N–H and O–H groups in total. The number of hydrogen-bond donors (Lipinski definition) is 2. The van der Waals surface area contributed by atoms with Gasteiger partial charge in [-0.3, -0.25) is 14.8 Å². The third-order valence-electron chi connectivity index (χ3n) is 5.66. The van der Waals surface area contributed by atoms with Gasteiger partial charge in [0.25, 0.3) is 0 Å². The SMILES string of the molecule is CC(=O)NCC1CN(c2ccc3c(c2)CCCc2c(-c4ccoc4)n[nH]c2-3)C(=O)O1. The van der Waals surface area contributed by atoms with Gasteiger partial charge >= 0.3 is 6.09 Å². The number of amides is 2. The maximum Gasteiger partial charge on any atom is 0.414 e. The summed E-state index contributed by atoms with van der Waals surface area (Å²) in [6, 6.07) is 7.96. The summed E-state index contributed by atoms with van der Waals surface area (Å²) >= 11 is 0. The summed E-state index contributed by atoms with van der Waals surface area (Å²) in [6.07, 6.45) is 5.45. The predicted octanol–water partition coefficient (Wildman–Crippen LogP) is 3.29. The third-order valence-corrected chi connectivity index (χ3v) is 5.66. The number of benzene rings is 1. The number of nitrogens with zero attached hydrogens (tertiary/aromatic N) is 2. The average Bonchev–Trinajstić information content (AvgIpc) is 3.44. The Balaban J connectivity index is 1.43. The van der Waals surface area contributed by atoms with Crippen LogP contribution in [-0.4, -0.2) is 41.4 Å². The minimum absolute atomic E-state index is 0.139. The first kappa shape index (κ1) is 18.5. The van der Waals surface area contributed by atoms with Crippen molar-refractivity contribution in [1.29, 1.82) is 0 Å². The first-order valence-electron chi connectivity index (χ1n) is 10.1. The van der Waals surface area contributed by atoms with Gasteiger partial charge in [0.15, 0.2) is 0 Å². The van der Waals surface area contributed by atoms with Crippen molar-refractivity contribution < 1.29 is 18.7 Å². The molecule has 3 heterocycles. The molecule has 8 heteroatoms. The van der Waals surface area contributed by atoms with E-state index in [9.17, 15) is 9.59 Å². The lowest BCUT2D eigenvalue weighted by atomic mass is 10.00. The Hall–Kier alpha value is -3.55. The zero-order chi connectivity index (χ0) is 20.7. The number of carbonyl (C=O) groups excluding carboxylic acids is 2. The standard InChI is InChI=1S/C22H22N4O4/c1-13(27)23-10-17-11-26(22(28)30-17)16-5-6-18-14(9-16)3-2-4-19-20(24-25-21(18)19)15-7-8-29-12-15/h5-9,12,17H,2-4,10-11H2,1H3,(H,23,27)(H,24,25). The lowest BCUT2D eigenvalue weighted by Crippen LogP contribution is -2.33. The highest BCUT2D eigenvalue weighted by molar-refractivity contribution is 5.91. The Kier molecular flexibility index (Phi) is 4.54. The number of anilines is 1. The van der Waals surface area contributed by atoms with Gasteiger partial charge in [0.05, 0.1) is 37.0 Å². The number of furan rings is 1. The number of H-pyrrole nitrogens is 1. The quantitative estimate of drug-likeness (QED) is 0.693. The molecule has 1 aliphatic carbocycles. The van der Waals surface area contributed by atoms with Gasteiger partial charge in [-0.2, -0.15) is 5.10 Å². The largest absolute Gasteiger partial charge is 0.472 e. The highest BCUT2D eigenvalue weighted by Gasteiger charge is 2.33. The molecule has 1 saturated heterocycles. The number of aromatic nitrogens is 2. The van der Waals surface area contributed by atoms with Crippen molar-refractivity contribution in [3.63, 3.8) is 0 Å². The molecule has 1 aliphatic heterocycles. The Morgan fingerprint density at radius 1 is 1.33 bits per heavy atom. The van der Waals surface area contributed by atoms with Crippen LogP contribution in [0, 0.1) is 0 Å². The summed E-state index contributed by atoms with van der Waals surface area (Å²) in [7, 11) is 0. The van der Waals surface area contributed by atoms with Crippen molar-refractivity contribution in [2.75, 3.05) is 18.0 Å². The molecule has 0 radical (unpaired) electrons. The van der Waals surface area contributed by atoms with E-state index in [2.05, 4.69) is 21.6 Å². The van der Waals surface area contributed by atoms with Crippen molar-refractivity contribution in [3.8, 4) is 22.5 Å². The molecular weight excluding hydrogens is 384 g/mol. The first-order chi connectivity index (χ1) is 14.6. The van der Waals surface area contributed by atoms with Crippen LogP contribution in [0.1, 0.15) is 24.5 Å². The molecular formula is C22H22N4O4. The number of fused-ring (bicyclic) bond motifs is 3. The van der Waals surface area contributed by atoms with Crippen LogP contribution >= 0.6 is 0 Å². The molecule has 5 rings (SSSR count). The van der Waals surface area contributed by atoms with Gasteiger partial charge in [-0.1, -0.05) is 6.07 Å². The number of hydrogen-bond acceptors (Lipinski definition) is 5. The monoisotopic (exact) mass is 406 g/mol. The second kappa shape index (κ2) is 7.37. The van der Waals surface area contributed by atoms with Crippen LogP contribution in [-0.2, 0) is 22.4 Å². The highest BCUT2D eigenvalue weighted by atomic mass is 16.6. The van der Waals surface area contributed by atoms with E-state index >= 15 is 0 Å². The molecule has 30 heavy (non-hydrogen) atoms. The Morgan fingerprint density at radius 2 is 2.23 bits per heavy atom. The Labute approximate surface area is 173 Å². The second-order valence-corrected chi connectivity index (χ2v) is 7.69. The van der Waals surface area contributed by atoms with Crippen molar-refractivity contribution in [1.82, 2.24) is 15.5 Å². The summed E-state index contributed by atoms with van der Waals surface area (Å²) < 4.78 is 10.6. The maximum atomic E-state index is 12.4. The van der Waals surface area contributed by atoms with Gasteiger partial charge in [0, 0.05) is 29.3 Å². The van der Waals surface area contributed by atoms with Gasteiger partial charge in [0.2, 0.25) is 5.91 Å². The second-order valence-electron chi connectivity index (χ2n) is 7.69. The van der Waals surface area contributed by atoms with E-state index in [1.807, 2.05) is 18.2 Å². The molecule has 2 aliphatic rings. The number of nitrogens with one attached hydrogen (secondary N) is 2. The smallest absolute Gasteiger partial charge is 0.414 e. The summed E-state index contributed by atoms with van der Waals surface area (Å²) in [5.41, 5.74) is 7.21. The van der Waals surface area contributed by atoms with Crippen molar-refractivity contribution in [2.24, 2.45) is 0 Å². The maximum absolute atomic E-state index is 12.4. The van der Waals surface area contributed by atoms with E-state index in [4.69, 9.17) is 9.15 Å². The van der Waals surface area contributed by atoms with E-state index in [0.717, 1.165) is 47.5 Å². The molecule has 2 amide bonds. The summed E-state index contributed by atoms with van der Waals surface area (Å²) in [5, 5.41) is 10.4. The van der Waals surface area contributed by atoms with E-state index in [1.165, 1.54) is 18.1 Å². The van der Waals surface area contributed by atoms with Crippen LogP contribution in [0.2, 0.25) is 0 Å². The van der Waals surface area contributed by atoms with Crippen LogP contribution in [0.4, 0.5) is 10.5 Å². The van der Waals surface area contributed by atoms with Crippen LogP contribution in [0.25, 0.3) is 22.5 Å². The van der Waals surface area contributed by atoms with Crippen molar-refractivity contribution in [2.45, 2.75) is 32.3 Å². The third kappa shape index (κ3) is 3.24. The van der Waals surface area contributed by atoms with E-state index in [0.29, 0.717) is 13.1 Å². The zero-order valence-electron chi connectivity index (χ0n) is 16.6. The van der Waals surface area contributed by atoms with Gasteiger partial charge in [0.1, 0.15) is 6.10 Å². The number of rotatable bonds is 4. The normalized spacial score (nSPS) is 17.8. The van der Waals surface area contributed by atoms with E-state index in [1.54, 1.807) is 17.4 Å². The highest BCUT2D eigenvalue weighted by Crippen LogP contribution is 2.38. The van der Waals surface area contributed by atoms with Gasteiger partial charge < -0.3 is 14.5 Å². The molecule has 0 spiro atoms. The van der Waals surface area contributed by atoms with Gasteiger partial charge in [-0.05, 0) is 43.0 Å². The molecule has 0 saturated carbocycles. The number of ether oxygens (including phenoxy) is 1. The first-order valence-corrected chi connectivity index (χ1v) is 10.1. The summed E-state index contributed by atoms with van der Waals surface area (Å²) in [6.45, 7) is 2.18. The molecule has 3 aromatic rings. The average molecular weight is 406 g/mol. The molecule has 0 bridgehead atoms. The minimum Gasteiger partial charge on any atom is -0.472 e. The van der Waals surface area contributed by atoms with Crippen LogP contribution in [0.15, 0.2) is 41.2 Å². The topological polar surface area (TPSA) is 100 Å². The lowest BCUT2D eigenvalue weighted by Gasteiger charge is -2.16. The molecule has 154 valence electrons. The number of carbonyl (C=O) groups is 2. The number of aromatic amines is 1. The fraction of sp³-hybridized carbons (Fsp3) is 0.318. The van der Waals surface area contributed by atoms with Crippen molar-refractivity contribution >= 4 is 17.7 Å². The summed E-state index contributed by atoms with van der Waals surface area (Å²) in [4.78, 5) is 25.1. The lowest BCUT2D eigenvalue weighted by molar-refractivity contribution is -0.119. The van der Waals surface area contributed by atoms with Gasteiger partial charge in [-0.15, -0.1) is 0 Å². The number of aryl methyl sites for hydroxylation is 1. The molecule has 1 atom stereocenters. The summed E-state index contributed by atoms with van der Waals surface area (Å²) in [5.74, 6) is -0.139. The van der Waals surface area contributed by atoms with Crippen LogP contribution in [0.3, 0.4) is 0 Å². The molecule has 1 fully saturated rings. The molecule has 8 nitrogen and oxygen atoms in total. The van der Waals surface area contributed by atoms with E-state index in [-0.39, 0.29) is 18.1 Å². The molecule has 1 unspecified atom stereocenters.